The fourth-order valence-corrected chi connectivity index (χ4v) is 4.92. The summed E-state index contributed by atoms with van der Waals surface area (Å²) in [5.74, 6) is 5.97. The summed E-state index contributed by atoms with van der Waals surface area (Å²) < 4.78 is 24.2. The second-order valence-corrected chi connectivity index (χ2v) is 8.81. The Labute approximate surface area is 144 Å². The van der Waals surface area contributed by atoms with Crippen LogP contribution in [0.4, 0.5) is 0 Å². The number of benzene rings is 1. The first-order valence-corrected chi connectivity index (χ1v) is 10.3. The fourth-order valence-electron chi connectivity index (χ4n) is 2.54. The van der Waals surface area contributed by atoms with E-state index in [1.54, 1.807) is 6.20 Å². The molecule has 1 saturated heterocycles. The highest BCUT2D eigenvalue weighted by Crippen LogP contribution is 2.22. The summed E-state index contributed by atoms with van der Waals surface area (Å²) in [6.45, 7) is 0. The summed E-state index contributed by atoms with van der Waals surface area (Å²) in [4.78, 5) is 16.4. The average Bonchev–Trinajstić information content (AvgIpc) is 3.08. The van der Waals surface area contributed by atoms with Crippen molar-refractivity contribution in [3.05, 3.63) is 36.5 Å². The van der Waals surface area contributed by atoms with Crippen molar-refractivity contribution in [3.63, 3.8) is 0 Å². The van der Waals surface area contributed by atoms with Crippen LogP contribution in [0, 0.1) is 0 Å². The van der Waals surface area contributed by atoms with Crippen LogP contribution >= 0.6 is 11.8 Å². The molecule has 1 atom stereocenters. The molecule has 3 N–H and O–H groups in total. The predicted molar refractivity (Wildman–Crippen MR) is 93.7 cm³/mol. The smallest absolute Gasteiger partial charge is 0.230 e. The Hall–Kier alpha value is -2.00. The van der Waals surface area contributed by atoms with E-state index in [-0.39, 0.29) is 29.2 Å². The SMILES string of the molecule is Nn1cc(-c2ccccc2)nc1SCC(=O)N[C@H]1CCS(=O)(=O)C1. The standard InChI is InChI=1S/C15H18N4O3S2/c16-19-8-13(11-4-2-1-3-5-11)18-15(19)23-9-14(20)17-12-6-7-24(21,22)10-12/h1-5,8,12H,6-7,9-10,16H2,(H,17,20)/t12-/m0/s1. The molecule has 2 heterocycles. The highest BCUT2D eigenvalue weighted by molar-refractivity contribution is 7.99. The zero-order chi connectivity index (χ0) is 17.2. The minimum Gasteiger partial charge on any atom is -0.352 e. The first-order chi connectivity index (χ1) is 11.4. The van der Waals surface area contributed by atoms with Crippen molar-refractivity contribution < 1.29 is 13.2 Å². The molecule has 0 unspecified atom stereocenters. The van der Waals surface area contributed by atoms with Crippen molar-refractivity contribution in [1.29, 1.82) is 0 Å². The minimum atomic E-state index is -3.00. The molecule has 1 amide bonds. The molecule has 2 aromatic rings. The van der Waals surface area contributed by atoms with Gasteiger partial charge >= 0.3 is 0 Å². The van der Waals surface area contributed by atoms with E-state index in [9.17, 15) is 13.2 Å². The summed E-state index contributed by atoms with van der Waals surface area (Å²) in [5.41, 5.74) is 1.69. The van der Waals surface area contributed by atoms with Crippen LogP contribution in [0.25, 0.3) is 11.3 Å². The maximum atomic E-state index is 12.0. The number of thioether (sulfide) groups is 1. The van der Waals surface area contributed by atoms with Crippen LogP contribution in [-0.4, -0.2) is 47.3 Å². The molecule has 1 aromatic heterocycles. The van der Waals surface area contributed by atoms with Gasteiger partial charge in [0.15, 0.2) is 15.0 Å². The van der Waals surface area contributed by atoms with Gasteiger partial charge in [-0.15, -0.1) is 0 Å². The summed E-state index contributed by atoms with van der Waals surface area (Å²) in [7, 11) is -3.00. The predicted octanol–water partition coefficient (Wildman–Crippen LogP) is 0.659. The maximum absolute atomic E-state index is 12.0. The number of rotatable bonds is 5. The Morgan fingerprint density at radius 2 is 2.12 bits per heavy atom. The van der Waals surface area contributed by atoms with Crippen molar-refractivity contribution in [2.24, 2.45) is 0 Å². The van der Waals surface area contributed by atoms with Crippen molar-refractivity contribution in [2.75, 3.05) is 23.1 Å². The van der Waals surface area contributed by atoms with E-state index in [1.165, 1.54) is 16.4 Å². The molecule has 1 aliphatic rings. The number of nitrogens with one attached hydrogen (secondary N) is 1. The third kappa shape index (κ3) is 4.09. The van der Waals surface area contributed by atoms with Gasteiger partial charge in [0.2, 0.25) is 5.91 Å². The molecular formula is C15H18N4O3S2. The van der Waals surface area contributed by atoms with Crippen LogP contribution < -0.4 is 11.2 Å². The number of nitrogens with zero attached hydrogens (tertiary/aromatic N) is 2. The maximum Gasteiger partial charge on any atom is 0.230 e. The molecule has 7 nitrogen and oxygen atoms in total. The molecule has 0 aliphatic carbocycles. The topological polar surface area (TPSA) is 107 Å². The van der Waals surface area contributed by atoms with E-state index in [0.717, 1.165) is 11.3 Å². The number of carbonyl (C=O) groups excluding carboxylic acids is 1. The van der Waals surface area contributed by atoms with Crippen molar-refractivity contribution in [2.45, 2.75) is 17.6 Å². The van der Waals surface area contributed by atoms with E-state index in [2.05, 4.69) is 10.3 Å². The monoisotopic (exact) mass is 366 g/mol. The van der Waals surface area contributed by atoms with E-state index in [4.69, 9.17) is 5.84 Å². The first-order valence-electron chi connectivity index (χ1n) is 7.45. The molecule has 0 radical (unpaired) electrons. The molecule has 1 fully saturated rings. The van der Waals surface area contributed by atoms with Gasteiger partial charge in [0.25, 0.3) is 0 Å². The van der Waals surface area contributed by atoms with E-state index < -0.39 is 9.84 Å². The van der Waals surface area contributed by atoms with Gasteiger partial charge in [0.1, 0.15) is 0 Å². The van der Waals surface area contributed by atoms with Crippen LogP contribution in [0.2, 0.25) is 0 Å². The van der Waals surface area contributed by atoms with Gasteiger partial charge in [-0.1, -0.05) is 42.1 Å². The van der Waals surface area contributed by atoms with Crippen LogP contribution in [0.1, 0.15) is 6.42 Å². The Morgan fingerprint density at radius 3 is 2.79 bits per heavy atom. The van der Waals surface area contributed by atoms with Gasteiger partial charge in [-0.05, 0) is 6.42 Å². The van der Waals surface area contributed by atoms with E-state index in [0.29, 0.717) is 11.6 Å². The van der Waals surface area contributed by atoms with E-state index >= 15 is 0 Å². The normalized spacial score (nSPS) is 19.2. The second kappa shape index (κ2) is 6.86. The van der Waals surface area contributed by atoms with Crippen molar-refractivity contribution in [1.82, 2.24) is 15.0 Å². The first kappa shape index (κ1) is 16.8. The minimum absolute atomic E-state index is 0.0209. The Morgan fingerprint density at radius 1 is 1.38 bits per heavy atom. The largest absolute Gasteiger partial charge is 0.352 e. The number of aromatic nitrogens is 2. The Kier molecular flexibility index (Phi) is 4.81. The number of sulfone groups is 1. The lowest BCUT2D eigenvalue weighted by atomic mass is 10.2. The second-order valence-electron chi connectivity index (χ2n) is 5.64. The Balaban J connectivity index is 1.57. The van der Waals surface area contributed by atoms with E-state index in [1.807, 2.05) is 30.3 Å². The number of nitrogens with two attached hydrogens (primary N) is 1. The van der Waals surface area contributed by atoms with Crippen LogP contribution in [-0.2, 0) is 14.6 Å². The summed E-state index contributed by atoms with van der Waals surface area (Å²) in [5, 5.41) is 3.28. The van der Waals surface area contributed by atoms with Gasteiger partial charge < -0.3 is 11.2 Å². The lowest BCUT2D eigenvalue weighted by molar-refractivity contribution is -0.119. The van der Waals surface area contributed by atoms with Gasteiger partial charge in [0, 0.05) is 11.6 Å². The van der Waals surface area contributed by atoms with Gasteiger partial charge in [0.05, 0.1) is 29.1 Å². The highest BCUT2D eigenvalue weighted by Gasteiger charge is 2.28. The molecular weight excluding hydrogens is 348 g/mol. The van der Waals surface area contributed by atoms with Crippen molar-refractivity contribution in [3.8, 4) is 11.3 Å². The fraction of sp³-hybridized carbons (Fsp3) is 0.333. The number of nitrogen functional groups attached to an aromatic ring is 1. The molecule has 1 aromatic carbocycles. The third-order valence-corrected chi connectivity index (χ3v) is 6.43. The molecule has 1 aliphatic heterocycles. The zero-order valence-electron chi connectivity index (χ0n) is 12.9. The number of imidazole rings is 1. The summed E-state index contributed by atoms with van der Waals surface area (Å²) in [6.07, 6.45) is 2.18. The van der Waals surface area contributed by atoms with Gasteiger partial charge in [-0.3, -0.25) is 4.79 Å². The molecule has 3 rings (SSSR count). The Bertz CT molecular complexity index is 834. The molecule has 9 heteroatoms. The number of hydrogen-bond acceptors (Lipinski definition) is 6. The molecule has 0 bridgehead atoms. The quantitative estimate of drug-likeness (QED) is 0.595. The van der Waals surface area contributed by atoms with Crippen LogP contribution in [0.3, 0.4) is 0 Å². The van der Waals surface area contributed by atoms with Crippen molar-refractivity contribution >= 4 is 27.5 Å². The van der Waals surface area contributed by atoms with Crippen LogP contribution in [0.15, 0.2) is 41.7 Å². The summed E-state index contributed by atoms with van der Waals surface area (Å²) in [6, 6.07) is 9.34. The number of carbonyl (C=O) groups is 1. The molecule has 128 valence electrons. The lowest BCUT2D eigenvalue weighted by Gasteiger charge is -2.10. The van der Waals surface area contributed by atoms with Gasteiger partial charge in [-0.2, -0.15) is 0 Å². The lowest BCUT2D eigenvalue weighted by Crippen LogP contribution is -2.36. The number of hydrogen-bond donors (Lipinski definition) is 2. The third-order valence-electron chi connectivity index (χ3n) is 3.70. The number of amides is 1. The van der Waals surface area contributed by atoms with Crippen LogP contribution in [0.5, 0.6) is 0 Å². The van der Waals surface area contributed by atoms with Gasteiger partial charge in [-0.25, -0.2) is 18.1 Å². The average molecular weight is 366 g/mol. The molecule has 0 saturated carbocycles. The zero-order valence-corrected chi connectivity index (χ0v) is 14.5. The molecule has 0 spiro atoms. The molecule has 24 heavy (non-hydrogen) atoms. The highest BCUT2D eigenvalue weighted by atomic mass is 32.2. The summed E-state index contributed by atoms with van der Waals surface area (Å²) >= 11 is 1.22.